The first-order chi connectivity index (χ1) is 18.5. The van der Waals surface area contributed by atoms with Gasteiger partial charge >= 0.3 is 0 Å². The number of amides is 2. The Morgan fingerprint density at radius 3 is 2.23 bits per heavy atom. The number of sulfonamides is 1. The first kappa shape index (κ1) is 29.8. The van der Waals surface area contributed by atoms with Crippen LogP contribution in [0.5, 0.6) is 11.5 Å². The van der Waals surface area contributed by atoms with E-state index in [9.17, 15) is 18.0 Å². The van der Waals surface area contributed by atoms with E-state index in [1.165, 1.54) is 50.4 Å². The van der Waals surface area contributed by atoms with E-state index in [1.54, 1.807) is 49.4 Å². The Morgan fingerprint density at radius 2 is 1.64 bits per heavy atom. The molecule has 0 fully saturated rings. The van der Waals surface area contributed by atoms with Crippen molar-refractivity contribution in [3.8, 4) is 11.5 Å². The number of halogens is 1. The van der Waals surface area contributed by atoms with Gasteiger partial charge in [-0.1, -0.05) is 41.4 Å². The van der Waals surface area contributed by atoms with Gasteiger partial charge in [0.15, 0.2) is 11.5 Å². The van der Waals surface area contributed by atoms with E-state index in [2.05, 4.69) is 5.32 Å². The van der Waals surface area contributed by atoms with Crippen molar-refractivity contribution in [2.24, 2.45) is 0 Å². The summed E-state index contributed by atoms with van der Waals surface area (Å²) >= 11 is 6.14. The molecule has 0 aliphatic heterocycles. The topological polar surface area (TPSA) is 105 Å². The van der Waals surface area contributed by atoms with E-state index in [0.717, 1.165) is 9.87 Å². The van der Waals surface area contributed by atoms with E-state index in [4.69, 9.17) is 21.1 Å². The number of benzene rings is 3. The summed E-state index contributed by atoms with van der Waals surface area (Å²) in [5, 5.41) is 3.02. The number of aryl methyl sites for hydroxylation is 1. The lowest BCUT2D eigenvalue weighted by atomic mass is 10.1. The summed E-state index contributed by atoms with van der Waals surface area (Å²) < 4.78 is 39.5. The second-order valence-electron chi connectivity index (χ2n) is 8.81. The van der Waals surface area contributed by atoms with Gasteiger partial charge in [0.25, 0.3) is 10.0 Å². The van der Waals surface area contributed by atoms with Gasteiger partial charge in [0, 0.05) is 24.7 Å². The van der Waals surface area contributed by atoms with Crippen LogP contribution in [0.1, 0.15) is 18.1 Å². The third-order valence-electron chi connectivity index (χ3n) is 6.20. The highest BCUT2D eigenvalue weighted by Crippen LogP contribution is 2.34. The lowest BCUT2D eigenvalue weighted by molar-refractivity contribution is -0.139. The van der Waals surface area contributed by atoms with E-state index in [0.29, 0.717) is 22.1 Å². The highest BCUT2D eigenvalue weighted by molar-refractivity contribution is 7.92. The van der Waals surface area contributed by atoms with Crippen LogP contribution >= 0.6 is 11.6 Å². The summed E-state index contributed by atoms with van der Waals surface area (Å²) in [6.07, 6.45) is 0. The molecule has 9 nitrogen and oxygen atoms in total. The fraction of sp³-hybridized carbons (Fsp3) is 0.286. The van der Waals surface area contributed by atoms with Crippen molar-refractivity contribution in [3.05, 3.63) is 82.9 Å². The molecule has 0 unspecified atom stereocenters. The summed E-state index contributed by atoms with van der Waals surface area (Å²) in [5.74, 6) is -0.293. The Bertz CT molecular complexity index is 1430. The zero-order valence-corrected chi connectivity index (χ0v) is 24.0. The van der Waals surface area contributed by atoms with Crippen molar-refractivity contribution < 1.29 is 27.5 Å². The van der Waals surface area contributed by atoms with Crippen LogP contribution in [-0.4, -0.2) is 59.0 Å². The van der Waals surface area contributed by atoms with Crippen molar-refractivity contribution in [1.82, 2.24) is 10.2 Å². The van der Waals surface area contributed by atoms with Gasteiger partial charge in [-0.15, -0.1) is 0 Å². The molecule has 11 heteroatoms. The molecule has 1 atom stereocenters. The van der Waals surface area contributed by atoms with Crippen LogP contribution in [0, 0.1) is 6.92 Å². The number of carbonyl (C=O) groups is 2. The summed E-state index contributed by atoms with van der Waals surface area (Å²) in [7, 11) is 0.165. The van der Waals surface area contributed by atoms with Crippen LogP contribution in [0.15, 0.2) is 71.6 Å². The molecule has 3 aromatic carbocycles. The smallest absolute Gasteiger partial charge is 0.264 e. The normalized spacial score (nSPS) is 11.8. The molecular formula is C28H32ClN3O6S. The maximum Gasteiger partial charge on any atom is 0.264 e. The van der Waals surface area contributed by atoms with Gasteiger partial charge in [-0.3, -0.25) is 13.9 Å². The Kier molecular flexibility index (Phi) is 9.82. The third kappa shape index (κ3) is 7.01. The number of likely N-dealkylation sites (N-methyl/N-ethyl adjacent to an activating group) is 1. The lowest BCUT2D eigenvalue weighted by Gasteiger charge is -2.32. The number of anilines is 1. The number of methoxy groups -OCH3 is 2. The molecule has 39 heavy (non-hydrogen) atoms. The molecule has 0 aliphatic rings. The fourth-order valence-corrected chi connectivity index (χ4v) is 5.59. The van der Waals surface area contributed by atoms with Crippen molar-refractivity contribution in [2.45, 2.75) is 31.3 Å². The molecule has 0 radical (unpaired) electrons. The van der Waals surface area contributed by atoms with Gasteiger partial charge in [-0.25, -0.2) is 8.42 Å². The summed E-state index contributed by atoms with van der Waals surface area (Å²) in [6.45, 7) is 2.89. The van der Waals surface area contributed by atoms with Crippen LogP contribution in [0.4, 0.5) is 5.69 Å². The van der Waals surface area contributed by atoms with Crippen LogP contribution in [0.25, 0.3) is 0 Å². The van der Waals surface area contributed by atoms with E-state index >= 15 is 0 Å². The number of rotatable bonds is 11. The molecule has 0 saturated carbocycles. The molecule has 3 rings (SSSR count). The molecule has 0 saturated heterocycles. The SMILES string of the molecule is CNC(=O)[C@H](C)N(Cc1cccc(Cl)c1)C(=O)CN(c1ccc(OC)c(OC)c1)S(=O)(=O)c1ccc(C)cc1. The summed E-state index contributed by atoms with van der Waals surface area (Å²) in [6, 6.07) is 16.9. The minimum atomic E-state index is -4.21. The predicted molar refractivity (Wildman–Crippen MR) is 151 cm³/mol. The number of carbonyl (C=O) groups excluding carboxylic acids is 2. The number of nitrogens with zero attached hydrogens (tertiary/aromatic N) is 2. The molecule has 0 aliphatic carbocycles. The maximum absolute atomic E-state index is 13.9. The molecular weight excluding hydrogens is 542 g/mol. The standard InChI is InChI=1S/C28H32ClN3O6S/c1-19-9-12-24(13-10-19)39(35,36)32(23-11-14-25(37-4)26(16-23)38-5)18-27(33)31(20(2)28(34)30-3)17-21-7-6-8-22(29)15-21/h6-16,20H,17-18H2,1-5H3,(H,30,34)/t20-/m0/s1. The Hall–Kier alpha value is -3.76. The number of ether oxygens (including phenoxy) is 2. The molecule has 2 amide bonds. The van der Waals surface area contributed by atoms with E-state index in [-0.39, 0.29) is 17.1 Å². The van der Waals surface area contributed by atoms with E-state index in [1.807, 2.05) is 6.92 Å². The van der Waals surface area contributed by atoms with Crippen molar-refractivity contribution in [3.63, 3.8) is 0 Å². The molecule has 0 bridgehead atoms. The van der Waals surface area contributed by atoms with Crippen LogP contribution in [-0.2, 0) is 26.2 Å². The predicted octanol–water partition coefficient (Wildman–Crippen LogP) is 4.02. The first-order valence-corrected chi connectivity index (χ1v) is 13.9. The second-order valence-corrected chi connectivity index (χ2v) is 11.1. The Morgan fingerprint density at radius 1 is 0.974 bits per heavy atom. The quantitative estimate of drug-likeness (QED) is 0.371. The number of nitrogens with one attached hydrogen (secondary N) is 1. The van der Waals surface area contributed by atoms with Gasteiger partial charge in [0.2, 0.25) is 11.8 Å². The van der Waals surface area contributed by atoms with Crippen LogP contribution in [0.3, 0.4) is 0 Å². The average Bonchev–Trinajstić information content (AvgIpc) is 2.93. The van der Waals surface area contributed by atoms with Gasteiger partial charge in [0.05, 0.1) is 24.8 Å². The van der Waals surface area contributed by atoms with Crippen molar-refractivity contribution in [1.29, 1.82) is 0 Å². The van der Waals surface area contributed by atoms with Crippen LogP contribution in [0.2, 0.25) is 5.02 Å². The monoisotopic (exact) mass is 573 g/mol. The molecule has 1 N–H and O–H groups in total. The second kappa shape index (κ2) is 12.9. The molecule has 3 aromatic rings. The highest BCUT2D eigenvalue weighted by Gasteiger charge is 2.32. The fourth-order valence-electron chi connectivity index (χ4n) is 3.97. The first-order valence-electron chi connectivity index (χ1n) is 12.1. The van der Waals surface area contributed by atoms with Crippen LogP contribution < -0.4 is 19.1 Å². The van der Waals surface area contributed by atoms with Gasteiger partial charge in [-0.2, -0.15) is 0 Å². The zero-order valence-electron chi connectivity index (χ0n) is 22.5. The largest absolute Gasteiger partial charge is 0.493 e. The average molecular weight is 574 g/mol. The Labute approximate surface area is 234 Å². The minimum absolute atomic E-state index is 0.0106. The van der Waals surface area contributed by atoms with E-state index < -0.39 is 34.4 Å². The van der Waals surface area contributed by atoms with Crippen molar-refractivity contribution in [2.75, 3.05) is 32.1 Å². The third-order valence-corrected chi connectivity index (χ3v) is 8.22. The summed E-state index contributed by atoms with van der Waals surface area (Å²) in [4.78, 5) is 27.8. The minimum Gasteiger partial charge on any atom is -0.493 e. The molecule has 208 valence electrons. The van der Waals surface area contributed by atoms with Gasteiger partial charge in [-0.05, 0) is 55.8 Å². The molecule has 0 aromatic heterocycles. The summed E-state index contributed by atoms with van der Waals surface area (Å²) in [5.41, 5.74) is 1.76. The number of hydrogen-bond donors (Lipinski definition) is 1. The maximum atomic E-state index is 13.9. The molecule has 0 heterocycles. The lowest BCUT2D eigenvalue weighted by Crippen LogP contribution is -2.50. The highest BCUT2D eigenvalue weighted by atomic mass is 35.5. The van der Waals surface area contributed by atoms with Crippen molar-refractivity contribution >= 4 is 39.1 Å². The Balaban J connectivity index is 2.09. The van der Waals surface area contributed by atoms with Gasteiger partial charge < -0.3 is 19.7 Å². The number of hydrogen-bond acceptors (Lipinski definition) is 6. The van der Waals surface area contributed by atoms with Gasteiger partial charge in [0.1, 0.15) is 12.6 Å². The zero-order chi connectivity index (χ0) is 28.7. The molecule has 0 spiro atoms.